The molecule has 0 aromatic heterocycles. The molecule has 0 amide bonds. The summed E-state index contributed by atoms with van der Waals surface area (Å²) in [5, 5.41) is 3.29. The molecule has 1 saturated heterocycles. The first kappa shape index (κ1) is 20.7. The lowest BCUT2D eigenvalue weighted by molar-refractivity contribution is 0.239. The lowest BCUT2D eigenvalue weighted by atomic mass is 10.3. The van der Waals surface area contributed by atoms with Gasteiger partial charge in [0.25, 0.3) is 0 Å². The van der Waals surface area contributed by atoms with Gasteiger partial charge in [0.15, 0.2) is 0 Å². The van der Waals surface area contributed by atoms with Crippen LogP contribution in [0, 0.1) is 0 Å². The van der Waals surface area contributed by atoms with Crippen molar-refractivity contribution in [2.24, 2.45) is 0 Å². The molecule has 0 unspecified atom stereocenters. The molecule has 1 aliphatic heterocycles. The third-order valence-corrected chi connectivity index (χ3v) is 4.25. The van der Waals surface area contributed by atoms with Gasteiger partial charge in [-0.25, -0.2) is 13.1 Å². The van der Waals surface area contributed by atoms with E-state index in [-0.39, 0.29) is 30.6 Å². The van der Waals surface area contributed by atoms with Crippen LogP contribution in [0.15, 0.2) is 0 Å². The molecule has 8 heteroatoms. The summed E-state index contributed by atoms with van der Waals surface area (Å²) in [7, 11) is -3.02. The summed E-state index contributed by atoms with van der Waals surface area (Å²) < 4.78 is 25.3. The Morgan fingerprint density at radius 3 is 2.39 bits per heavy atom. The Bertz CT molecular complexity index is 283. The van der Waals surface area contributed by atoms with E-state index in [0.29, 0.717) is 13.0 Å². The number of nitrogens with zero attached hydrogens (tertiary/aromatic N) is 1. The summed E-state index contributed by atoms with van der Waals surface area (Å²) in [5.74, 6) is 0.237. The smallest absolute Gasteiger partial charge is 0.211 e. The standard InChI is InChI=1S/C10H23N3O2S.2ClH/c1-2-10-16(14,15)12-4-3-7-13-8-5-11-6-9-13;;/h11-12H,2-10H2,1H3;2*1H. The Labute approximate surface area is 123 Å². The Balaban J connectivity index is 0. The number of nitrogens with one attached hydrogen (secondary N) is 2. The molecule has 0 saturated carbocycles. The molecule has 5 nitrogen and oxygen atoms in total. The van der Waals surface area contributed by atoms with Crippen molar-refractivity contribution >= 4 is 34.8 Å². The fourth-order valence-electron chi connectivity index (χ4n) is 1.81. The van der Waals surface area contributed by atoms with E-state index >= 15 is 0 Å². The van der Waals surface area contributed by atoms with Crippen molar-refractivity contribution in [2.45, 2.75) is 19.8 Å². The minimum atomic E-state index is -3.02. The highest BCUT2D eigenvalue weighted by Crippen LogP contribution is 1.94. The molecule has 1 aliphatic rings. The summed E-state index contributed by atoms with van der Waals surface area (Å²) in [4.78, 5) is 2.37. The number of hydrogen-bond donors (Lipinski definition) is 2. The Hall–Kier alpha value is 0.410. The third-order valence-electron chi connectivity index (χ3n) is 2.66. The predicted octanol–water partition coefficient (Wildman–Crippen LogP) is 0.455. The molecule has 2 N–H and O–H groups in total. The second-order valence-corrected chi connectivity index (χ2v) is 6.08. The Morgan fingerprint density at radius 1 is 1.22 bits per heavy atom. The first-order valence-corrected chi connectivity index (χ1v) is 7.69. The maximum atomic E-state index is 11.3. The molecule has 0 atom stereocenters. The zero-order valence-corrected chi connectivity index (χ0v) is 13.3. The first-order valence-electron chi connectivity index (χ1n) is 6.04. The van der Waals surface area contributed by atoms with Gasteiger partial charge in [-0.1, -0.05) is 6.92 Å². The van der Waals surface area contributed by atoms with Crippen molar-refractivity contribution in [3.05, 3.63) is 0 Å². The van der Waals surface area contributed by atoms with Gasteiger partial charge in [-0.3, -0.25) is 0 Å². The lowest BCUT2D eigenvalue weighted by Crippen LogP contribution is -2.44. The van der Waals surface area contributed by atoms with E-state index in [1.54, 1.807) is 0 Å². The Kier molecular flexibility index (Phi) is 13.0. The normalized spacial score (nSPS) is 16.7. The highest BCUT2D eigenvalue weighted by atomic mass is 35.5. The van der Waals surface area contributed by atoms with E-state index in [2.05, 4.69) is 14.9 Å². The number of sulfonamides is 1. The molecule has 0 spiro atoms. The van der Waals surface area contributed by atoms with Gasteiger partial charge >= 0.3 is 0 Å². The van der Waals surface area contributed by atoms with Crippen molar-refractivity contribution in [2.75, 3.05) is 45.0 Å². The van der Waals surface area contributed by atoms with Gasteiger partial charge in [0.05, 0.1) is 5.75 Å². The molecule has 0 radical (unpaired) electrons. The summed E-state index contributed by atoms with van der Waals surface area (Å²) in [6.07, 6.45) is 1.57. The summed E-state index contributed by atoms with van der Waals surface area (Å²) in [6.45, 7) is 7.65. The second kappa shape index (κ2) is 11.3. The molecule has 1 heterocycles. The van der Waals surface area contributed by atoms with E-state index in [1.807, 2.05) is 6.92 Å². The van der Waals surface area contributed by atoms with Gasteiger partial charge in [0, 0.05) is 32.7 Å². The quantitative estimate of drug-likeness (QED) is 0.669. The van der Waals surface area contributed by atoms with E-state index < -0.39 is 10.0 Å². The molecule has 0 aromatic carbocycles. The average Bonchev–Trinajstić information content (AvgIpc) is 2.26. The predicted molar refractivity (Wildman–Crippen MR) is 80.5 cm³/mol. The van der Waals surface area contributed by atoms with Crippen LogP contribution in [0.5, 0.6) is 0 Å². The maximum Gasteiger partial charge on any atom is 0.211 e. The fourth-order valence-corrected chi connectivity index (χ4v) is 2.94. The molecule has 1 rings (SSSR count). The van der Waals surface area contributed by atoms with Gasteiger partial charge < -0.3 is 10.2 Å². The van der Waals surface area contributed by atoms with Crippen LogP contribution in [0.25, 0.3) is 0 Å². The van der Waals surface area contributed by atoms with E-state index in [0.717, 1.165) is 39.1 Å². The monoisotopic (exact) mass is 321 g/mol. The van der Waals surface area contributed by atoms with Crippen molar-refractivity contribution < 1.29 is 8.42 Å². The topological polar surface area (TPSA) is 61.4 Å². The molecule has 112 valence electrons. The van der Waals surface area contributed by atoms with Crippen LogP contribution in [0.3, 0.4) is 0 Å². The third kappa shape index (κ3) is 9.35. The summed E-state index contributed by atoms with van der Waals surface area (Å²) >= 11 is 0. The minimum absolute atomic E-state index is 0. The highest BCUT2D eigenvalue weighted by molar-refractivity contribution is 7.89. The van der Waals surface area contributed by atoms with Crippen LogP contribution in [0.2, 0.25) is 0 Å². The van der Waals surface area contributed by atoms with Crippen molar-refractivity contribution in [1.82, 2.24) is 14.9 Å². The maximum absolute atomic E-state index is 11.3. The second-order valence-electron chi connectivity index (χ2n) is 4.16. The molecule has 1 fully saturated rings. The molecule has 18 heavy (non-hydrogen) atoms. The zero-order valence-electron chi connectivity index (χ0n) is 10.9. The van der Waals surface area contributed by atoms with E-state index in [9.17, 15) is 8.42 Å². The van der Waals surface area contributed by atoms with Crippen LogP contribution >= 0.6 is 24.8 Å². The van der Waals surface area contributed by atoms with Crippen LogP contribution in [-0.4, -0.2) is 58.3 Å². The van der Waals surface area contributed by atoms with Crippen LogP contribution in [0.1, 0.15) is 19.8 Å². The van der Waals surface area contributed by atoms with E-state index in [4.69, 9.17) is 0 Å². The lowest BCUT2D eigenvalue weighted by Gasteiger charge is -2.27. The van der Waals surface area contributed by atoms with Crippen LogP contribution < -0.4 is 10.0 Å². The molecular formula is C10H25Cl2N3O2S. The van der Waals surface area contributed by atoms with Crippen molar-refractivity contribution in [1.29, 1.82) is 0 Å². The minimum Gasteiger partial charge on any atom is -0.314 e. The number of halogens is 2. The molecule has 0 bridgehead atoms. The van der Waals surface area contributed by atoms with Crippen molar-refractivity contribution in [3.63, 3.8) is 0 Å². The fraction of sp³-hybridized carbons (Fsp3) is 1.00. The van der Waals surface area contributed by atoms with Gasteiger partial charge in [-0.05, 0) is 19.4 Å². The largest absolute Gasteiger partial charge is 0.314 e. The SMILES string of the molecule is CCCS(=O)(=O)NCCCN1CCNCC1.Cl.Cl. The van der Waals surface area contributed by atoms with Gasteiger partial charge in [-0.15, -0.1) is 24.8 Å². The van der Waals surface area contributed by atoms with E-state index in [1.165, 1.54) is 0 Å². The van der Waals surface area contributed by atoms with Gasteiger partial charge in [-0.2, -0.15) is 0 Å². The van der Waals surface area contributed by atoms with Crippen molar-refractivity contribution in [3.8, 4) is 0 Å². The number of piperazine rings is 1. The molecule has 0 aromatic rings. The first-order chi connectivity index (χ1) is 7.64. The Morgan fingerprint density at radius 2 is 1.83 bits per heavy atom. The molecular weight excluding hydrogens is 297 g/mol. The number of hydrogen-bond acceptors (Lipinski definition) is 4. The summed E-state index contributed by atoms with van der Waals surface area (Å²) in [6, 6.07) is 0. The zero-order chi connectivity index (χ0) is 11.9. The van der Waals surface area contributed by atoms with Crippen LogP contribution in [0.4, 0.5) is 0 Å². The highest BCUT2D eigenvalue weighted by Gasteiger charge is 2.10. The summed E-state index contributed by atoms with van der Waals surface area (Å²) in [5.41, 5.74) is 0. The van der Waals surface area contributed by atoms with Crippen LogP contribution in [-0.2, 0) is 10.0 Å². The molecule has 0 aliphatic carbocycles. The van der Waals surface area contributed by atoms with Gasteiger partial charge in [0.1, 0.15) is 0 Å². The van der Waals surface area contributed by atoms with Gasteiger partial charge in [0.2, 0.25) is 10.0 Å². The average molecular weight is 322 g/mol. The number of rotatable bonds is 7.